The van der Waals surface area contributed by atoms with Crippen molar-refractivity contribution in [2.24, 2.45) is 0 Å². The highest BCUT2D eigenvalue weighted by Gasteiger charge is 2.37. The van der Waals surface area contributed by atoms with Crippen molar-refractivity contribution in [3.8, 4) is 38.6 Å². The molecule has 3 aromatic heterocycles. The van der Waals surface area contributed by atoms with Gasteiger partial charge in [-0.15, -0.1) is 11.3 Å². The van der Waals surface area contributed by atoms with E-state index in [1.165, 1.54) is 5.56 Å². The molecule has 0 bridgehead atoms. The van der Waals surface area contributed by atoms with Gasteiger partial charge in [0.25, 0.3) is 5.91 Å². The number of amides is 2. The van der Waals surface area contributed by atoms with E-state index in [-0.39, 0.29) is 17.9 Å². The van der Waals surface area contributed by atoms with E-state index in [9.17, 15) is 9.59 Å². The molecule has 0 saturated carbocycles. The topological polar surface area (TPSA) is 67.7 Å². The molecule has 0 atom stereocenters. The predicted octanol–water partition coefficient (Wildman–Crippen LogP) is 5.72. The molecule has 5 heterocycles. The maximum absolute atomic E-state index is 14.2. The Balaban J connectivity index is 1.67. The minimum Gasteiger partial charge on any atom is -0.496 e. The third kappa shape index (κ3) is 4.23. The number of benzene rings is 1. The Morgan fingerprint density at radius 3 is 2.59 bits per heavy atom. The predicted molar refractivity (Wildman–Crippen MR) is 154 cm³/mol. The maximum atomic E-state index is 14.2. The van der Waals surface area contributed by atoms with Gasteiger partial charge in [-0.1, -0.05) is 12.1 Å². The molecule has 0 saturated heterocycles. The molecule has 0 aliphatic carbocycles. The van der Waals surface area contributed by atoms with Gasteiger partial charge in [0.1, 0.15) is 11.4 Å². The standard InChI is InChI=1S/C31H32N4O3S/c1-19(2)34-13-12-33(20(3)36)18-25-28(27-8-6-14-39-27)29-24-16-23(22-7-5-10-32-17-22)26(38-4)15-21(24)9-11-35(29)30(25)31(34)37/h5-8,10,14-17,19H,9,11-13,18H2,1-4H3. The summed E-state index contributed by atoms with van der Waals surface area (Å²) >= 11 is 1.66. The fraction of sp³-hybridized carbons (Fsp3) is 0.323. The molecule has 0 radical (unpaired) electrons. The van der Waals surface area contributed by atoms with E-state index in [0.29, 0.717) is 31.9 Å². The highest BCUT2D eigenvalue weighted by atomic mass is 32.1. The Labute approximate surface area is 232 Å². The number of aromatic nitrogens is 2. The fourth-order valence-corrected chi connectivity index (χ4v) is 6.75. The van der Waals surface area contributed by atoms with Gasteiger partial charge in [0.15, 0.2) is 0 Å². The van der Waals surface area contributed by atoms with Crippen LogP contribution in [0.25, 0.3) is 32.8 Å². The van der Waals surface area contributed by atoms with Crippen LogP contribution in [0.4, 0.5) is 0 Å². The summed E-state index contributed by atoms with van der Waals surface area (Å²) in [7, 11) is 1.70. The van der Waals surface area contributed by atoms with Crippen molar-refractivity contribution in [3.05, 3.63) is 71.0 Å². The number of methoxy groups -OCH3 is 1. The van der Waals surface area contributed by atoms with Gasteiger partial charge in [0.05, 0.1) is 12.8 Å². The van der Waals surface area contributed by atoms with Gasteiger partial charge in [-0.25, -0.2) is 0 Å². The fourth-order valence-electron chi connectivity index (χ4n) is 5.95. The van der Waals surface area contributed by atoms with Gasteiger partial charge in [0.2, 0.25) is 5.91 Å². The first-order chi connectivity index (χ1) is 18.9. The smallest absolute Gasteiger partial charge is 0.271 e. The molecule has 6 rings (SSSR count). The molecule has 2 aliphatic rings. The summed E-state index contributed by atoms with van der Waals surface area (Å²) in [4.78, 5) is 36.2. The Morgan fingerprint density at radius 2 is 1.92 bits per heavy atom. The highest BCUT2D eigenvalue weighted by Crippen LogP contribution is 2.48. The van der Waals surface area contributed by atoms with Crippen LogP contribution in [0.2, 0.25) is 0 Å². The Bertz CT molecular complexity index is 1560. The van der Waals surface area contributed by atoms with Crippen molar-refractivity contribution in [3.63, 3.8) is 0 Å². The minimum atomic E-state index is 0.0179. The first kappa shape index (κ1) is 25.4. The Hall–Kier alpha value is -3.91. The normalized spacial score (nSPS) is 14.9. The number of thiophene rings is 1. The second-order valence-corrected chi connectivity index (χ2v) is 11.4. The van der Waals surface area contributed by atoms with Gasteiger partial charge < -0.3 is 19.1 Å². The highest BCUT2D eigenvalue weighted by molar-refractivity contribution is 7.13. The summed E-state index contributed by atoms with van der Waals surface area (Å²) < 4.78 is 8.05. The van der Waals surface area contributed by atoms with Crippen molar-refractivity contribution in [1.29, 1.82) is 0 Å². The number of pyridine rings is 1. The quantitative estimate of drug-likeness (QED) is 0.332. The van der Waals surface area contributed by atoms with Crippen LogP contribution in [0, 0.1) is 0 Å². The van der Waals surface area contributed by atoms with E-state index < -0.39 is 0 Å². The molecule has 0 fully saturated rings. The molecule has 200 valence electrons. The van der Waals surface area contributed by atoms with Gasteiger partial charge >= 0.3 is 0 Å². The second kappa shape index (κ2) is 10.0. The van der Waals surface area contributed by atoms with E-state index in [2.05, 4.69) is 33.1 Å². The molecule has 8 heteroatoms. The number of hydrogen-bond donors (Lipinski definition) is 0. The van der Waals surface area contributed by atoms with Gasteiger partial charge in [-0.2, -0.15) is 0 Å². The number of carbonyl (C=O) groups is 2. The van der Waals surface area contributed by atoms with Crippen LogP contribution in [0.3, 0.4) is 0 Å². The van der Waals surface area contributed by atoms with Crippen LogP contribution >= 0.6 is 11.3 Å². The number of carbonyl (C=O) groups excluding carboxylic acids is 2. The van der Waals surface area contributed by atoms with E-state index in [1.54, 1.807) is 31.6 Å². The first-order valence-electron chi connectivity index (χ1n) is 13.4. The number of nitrogens with zero attached hydrogens (tertiary/aromatic N) is 4. The summed E-state index contributed by atoms with van der Waals surface area (Å²) in [6.07, 6.45) is 4.39. The Kier molecular flexibility index (Phi) is 6.51. The first-order valence-corrected chi connectivity index (χ1v) is 14.2. The number of fused-ring (bicyclic) bond motifs is 5. The summed E-state index contributed by atoms with van der Waals surface area (Å²) in [6.45, 7) is 7.83. The zero-order valence-electron chi connectivity index (χ0n) is 22.7. The monoisotopic (exact) mass is 540 g/mol. The molecule has 1 aromatic carbocycles. The molecule has 39 heavy (non-hydrogen) atoms. The van der Waals surface area contributed by atoms with Crippen molar-refractivity contribution in [1.82, 2.24) is 19.4 Å². The van der Waals surface area contributed by atoms with E-state index in [1.807, 2.05) is 48.0 Å². The molecular weight excluding hydrogens is 508 g/mol. The van der Waals surface area contributed by atoms with Crippen LogP contribution in [0.1, 0.15) is 42.4 Å². The van der Waals surface area contributed by atoms with Crippen LogP contribution in [0.15, 0.2) is 54.2 Å². The lowest BCUT2D eigenvalue weighted by atomic mass is 9.91. The largest absolute Gasteiger partial charge is 0.496 e. The lowest BCUT2D eigenvalue weighted by molar-refractivity contribution is -0.129. The average molecular weight is 541 g/mol. The molecule has 2 amide bonds. The number of aryl methyl sites for hydroxylation is 1. The SMILES string of the molecule is COc1cc2c(cc1-c1cccnc1)-c1c(-c3cccs3)c3c(n1CC2)C(=O)N(C(C)C)CCN(C(C)=O)C3. The van der Waals surface area contributed by atoms with E-state index in [0.717, 1.165) is 50.6 Å². The van der Waals surface area contributed by atoms with Crippen LogP contribution in [-0.4, -0.2) is 57.4 Å². The van der Waals surface area contributed by atoms with E-state index in [4.69, 9.17) is 4.74 Å². The lowest BCUT2D eigenvalue weighted by Crippen LogP contribution is -2.46. The van der Waals surface area contributed by atoms with Crippen LogP contribution < -0.4 is 4.74 Å². The third-order valence-corrected chi connectivity index (χ3v) is 8.77. The molecule has 0 spiro atoms. The van der Waals surface area contributed by atoms with Gasteiger partial charge in [-0.3, -0.25) is 14.6 Å². The summed E-state index contributed by atoms with van der Waals surface area (Å²) in [5.74, 6) is 0.864. The number of rotatable bonds is 4. The molecule has 4 aromatic rings. The van der Waals surface area contributed by atoms with Crippen molar-refractivity contribution < 1.29 is 14.3 Å². The number of ether oxygens (including phenoxy) is 1. The zero-order chi connectivity index (χ0) is 27.3. The molecular formula is C31H32N4O3S. The van der Waals surface area contributed by atoms with Crippen molar-refractivity contribution in [2.45, 2.75) is 46.3 Å². The van der Waals surface area contributed by atoms with Crippen molar-refractivity contribution >= 4 is 23.2 Å². The zero-order valence-corrected chi connectivity index (χ0v) is 23.5. The van der Waals surface area contributed by atoms with Gasteiger partial charge in [0, 0.05) is 84.2 Å². The average Bonchev–Trinajstić information content (AvgIpc) is 3.56. The minimum absolute atomic E-state index is 0.0179. The third-order valence-electron chi connectivity index (χ3n) is 7.88. The summed E-state index contributed by atoms with van der Waals surface area (Å²) in [5.41, 5.74) is 7.95. The maximum Gasteiger partial charge on any atom is 0.271 e. The van der Waals surface area contributed by atoms with Crippen molar-refractivity contribution in [2.75, 3.05) is 20.2 Å². The lowest BCUT2D eigenvalue weighted by Gasteiger charge is -2.34. The Morgan fingerprint density at radius 1 is 1.08 bits per heavy atom. The second-order valence-electron chi connectivity index (χ2n) is 10.4. The molecule has 0 N–H and O–H groups in total. The molecule has 0 unspecified atom stereocenters. The number of hydrogen-bond acceptors (Lipinski definition) is 5. The summed E-state index contributed by atoms with van der Waals surface area (Å²) in [6, 6.07) is 12.5. The van der Waals surface area contributed by atoms with Crippen LogP contribution in [0.5, 0.6) is 5.75 Å². The van der Waals surface area contributed by atoms with E-state index >= 15 is 0 Å². The summed E-state index contributed by atoms with van der Waals surface area (Å²) in [5, 5.41) is 2.07. The molecule has 2 aliphatic heterocycles. The van der Waals surface area contributed by atoms with Gasteiger partial charge in [-0.05, 0) is 55.5 Å². The molecule has 7 nitrogen and oxygen atoms in total. The van der Waals surface area contributed by atoms with Crippen LogP contribution in [-0.2, 0) is 24.3 Å².